The summed E-state index contributed by atoms with van der Waals surface area (Å²) in [6.45, 7) is 5.77. The average molecular weight is 364 g/mol. The van der Waals surface area contributed by atoms with Gasteiger partial charge in [-0.1, -0.05) is 30.3 Å². The molecule has 4 rings (SSSR count). The Balaban J connectivity index is 1.85. The highest BCUT2D eigenvalue weighted by molar-refractivity contribution is 5.92. The third-order valence-electron chi connectivity index (χ3n) is 4.41. The normalized spacial score (nSPS) is 16.0. The van der Waals surface area contributed by atoms with E-state index in [0.717, 1.165) is 11.3 Å². The van der Waals surface area contributed by atoms with Gasteiger partial charge in [-0.05, 0) is 32.9 Å². The number of hydrogen-bond donors (Lipinski definition) is 1. The van der Waals surface area contributed by atoms with Gasteiger partial charge in [0.05, 0.1) is 12.2 Å². The molecule has 0 aliphatic carbocycles. The van der Waals surface area contributed by atoms with Crippen LogP contribution in [-0.2, 0) is 9.53 Å². The number of carbonyl (C=O) groups is 1. The highest BCUT2D eigenvalue weighted by Gasteiger charge is 2.37. The first-order valence-corrected chi connectivity index (χ1v) is 8.81. The fourth-order valence-corrected chi connectivity index (χ4v) is 3.20. The van der Waals surface area contributed by atoms with Gasteiger partial charge < -0.3 is 14.5 Å². The maximum atomic E-state index is 12.7. The zero-order chi connectivity index (χ0) is 19.0. The molecule has 1 aromatic carbocycles. The molecule has 0 saturated heterocycles. The van der Waals surface area contributed by atoms with Crippen LogP contribution in [-0.4, -0.2) is 27.3 Å². The molecule has 0 bridgehead atoms. The average Bonchev–Trinajstić information content (AvgIpc) is 3.27. The van der Waals surface area contributed by atoms with E-state index in [0.29, 0.717) is 35.4 Å². The highest BCUT2D eigenvalue weighted by Crippen LogP contribution is 2.37. The first-order chi connectivity index (χ1) is 13.1. The van der Waals surface area contributed by atoms with E-state index in [2.05, 4.69) is 15.4 Å². The largest absolute Gasteiger partial charge is 0.464 e. The number of rotatable bonds is 4. The summed E-state index contributed by atoms with van der Waals surface area (Å²) in [5.41, 5.74) is 2.03. The molecule has 0 radical (unpaired) electrons. The predicted molar refractivity (Wildman–Crippen MR) is 100.0 cm³/mol. The fraction of sp³-hybridized carbons (Fsp3) is 0.250. The van der Waals surface area contributed by atoms with Gasteiger partial charge in [-0.3, -0.25) is 0 Å². The van der Waals surface area contributed by atoms with E-state index in [1.54, 1.807) is 11.6 Å². The third-order valence-corrected chi connectivity index (χ3v) is 4.41. The van der Waals surface area contributed by atoms with Crippen LogP contribution in [0.5, 0.6) is 0 Å². The molecule has 1 atom stereocenters. The second-order valence-corrected chi connectivity index (χ2v) is 6.30. The van der Waals surface area contributed by atoms with E-state index < -0.39 is 12.0 Å². The third kappa shape index (κ3) is 3.01. The van der Waals surface area contributed by atoms with E-state index in [4.69, 9.17) is 9.15 Å². The maximum absolute atomic E-state index is 12.7. The van der Waals surface area contributed by atoms with Crippen molar-refractivity contribution in [3.05, 3.63) is 65.3 Å². The second-order valence-electron chi connectivity index (χ2n) is 6.30. The lowest BCUT2D eigenvalue weighted by molar-refractivity contribution is -0.139. The van der Waals surface area contributed by atoms with E-state index in [9.17, 15) is 4.79 Å². The standard InChI is InChI=1S/C20H20N4O3/c1-4-26-19(25)16-13(3)21-20-22-18(14-8-6-5-7-9-14)23-24(20)17(16)15-11-10-12(2)27-15/h5-11,17H,4H2,1-3H3,(H,21,22,23). The van der Waals surface area contributed by atoms with Crippen LogP contribution in [0.15, 0.2) is 58.2 Å². The van der Waals surface area contributed by atoms with Gasteiger partial charge >= 0.3 is 5.97 Å². The molecule has 1 unspecified atom stereocenters. The van der Waals surface area contributed by atoms with Crippen LogP contribution in [0.4, 0.5) is 5.95 Å². The predicted octanol–water partition coefficient (Wildman–Crippen LogP) is 3.70. The molecular formula is C20H20N4O3. The molecule has 3 heterocycles. The SMILES string of the molecule is CCOC(=O)C1=C(C)Nc2nc(-c3ccccc3)nn2C1c1ccc(C)o1. The van der Waals surface area contributed by atoms with Crippen LogP contribution < -0.4 is 5.32 Å². The maximum Gasteiger partial charge on any atom is 0.338 e. The topological polar surface area (TPSA) is 82.2 Å². The van der Waals surface area contributed by atoms with Gasteiger partial charge in [0, 0.05) is 11.3 Å². The molecule has 0 spiro atoms. The number of nitrogens with one attached hydrogen (secondary N) is 1. The number of fused-ring (bicyclic) bond motifs is 1. The molecular weight excluding hydrogens is 344 g/mol. The summed E-state index contributed by atoms with van der Waals surface area (Å²) >= 11 is 0. The summed E-state index contributed by atoms with van der Waals surface area (Å²) in [5, 5.41) is 7.83. The number of benzene rings is 1. The summed E-state index contributed by atoms with van der Waals surface area (Å²) in [6, 6.07) is 12.9. The summed E-state index contributed by atoms with van der Waals surface area (Å²) in [7, 11) is 0. The van der Waals surface area contributed by atoms with E-state index in [1.165, 1.54) is 0 Å². The van der Waals surface area contributed by atoms with Crippen LogP contribution in [0, 0.1) is 6.92 Å². The van der Waals surface area contributed by atoms with E-state index in [1.807, 2.05) is 56.3 Å². The van der Waals surface area contributed by atoms with E-state index >= 15 is 0 Å². The van der Waals surface area contributed by atoms with Gasteiger partial charge in [-0.2, -0.15) is 4.98 Å². The molecule has 1 aliphatic rings. The molecule has 0 saturated carbocycles. The molecule has 3 aromatic rings. The van der Waals surface area contributed by atoms with Gasteiger partial charge in [0.2, 0.25) is 5.95 Å². The Morgan fingerprint density at radius 1 is 1.22 bits per heavy atom. The van der Waals surface area contributed by atoms with Crippen LogP contribution in [0.3, 0.4) is 0 Å². The molecule has 27 heavy (non-hydrogen) atoms. The first-order valence-electron chi connectivity index (χ1n) is 8.81. The van der Waals surface area contributed by atoms with Crippen molar-refractivity contribution < 1.29 is 13.9 Å². The van der Waals surface area contributed by atoms with Gasteiger partial charge in [0.1, 0.15) is 17.6 Å². The van der Waals surface area contributed by atoms with Crippen LogP contribution >= 0.6 is 0 Å². The number of aryl methyl sites for hydroxylation is 1. The summed E-state index contributed by atoms with van der Waals surface area (Å²) in [4.78, 5) is 17.3. The molecule has 138 valence electrons. The number of hydrogen-bond acceptors (Lipinski definition) is 6. The lowest BCUT2D eigenvalue weighted by atomic mass is 10.0. The molecule has 7 nitrogen and oxygen atoms in total. The van der Waals surface area contributed by atoms with Crippen molar-refractivity contribution in [2.45, 2.75) is 26.8 Å². The Morgan fingerprint density at radius 3 is 2.67 bits per heavy atom. The smallest absolute Gasteiger partial charge is 0.338 e. The van der Waals surface area contributed by atoms with Crippen LogP contribution in [0.25, 0.3) is 11.4 Å². The minimum atomic E-state index is -0.543. The number of aromatic nitrogens is 3. The van der Waals surface area contributed by atoms with E-state index in [-0.39, 0.29) is 0 Å². The molecule has 2 aromatic heterocycles. The Hall–Kier alpha value is -3.35. The Kier molecular flexibility index (Phi) is 4.27. The zero-order valence-electron chi connectivity index (χ0n) is 15.4. The quantitative estimate of drug-likeness (QED) is 0.711. The van der Waals surface area contributed by atoms with Gasteiger partial charge in [-0.15, -0.1) is 5.10 Å². The van der Waals surface area contributed by atoms with Gasteiger partial charge in [0.15, 0.2) is 5.82 Å². The van der Waals surface area contributed by atoms with Crippen molar-refractivity contribution in [3.63, 3.8) is 0 Å². The van der Waals surface area contributed by atoms with Gasteiger partial charge in [0.25, 0.3) is 0 Å². The Bertz CT molecular complexity index is 1020. The minimum Gasteiger partial charge on any atom is -0.464 e. The number of ether oxygens (including phenoxy) is 1. The number of allylic oxidation sites excluding steroid dienone is 1. The van der Waals surface area contributed by atoms with Crippen molar-refractivity contribution in [2.75, 3.05) is 11.9 Å². The van der Waals surface area contributed by atoms with Crippen molar-refractivity contribution in [2.24, 2.45) is 0 Å². The minimum absolute atomic E-state index is 0.291. The second kappa shape index (κ2) is 6.75. The monoisotopic (exact) mass is 364 g/mol. The van der Waals surface area contributed by atoms with Crippen molar-refractivity contribution >= 4 is 11.9 Å². The zero-order valence-corrected chi connectivity index (χ0v) is 15.4. The highest BCUT2D eigenvalue weighted by atomic mass is 16.5. The first kappa shape index (κ1) is 17.1. The summed E-state index contributed by atoms with van der Waals surface area (Å²) in [6.07, 6.45) is 0. The Labute approximate surface area is 156 Å². The number of esters is 1. The Morgan fingerprint density at radius 2 is 2.00 bits per heavy atom. The fourth-order valence-electron chi connectivity index (χ4n) is 3.20. The van der Waals surface area contributed by atoms with Crippen molar-refractivity contribution in [1.82, 2.24) is 14.8 Å². The lowest BCUT2D eigenvalue weighted by Gasteiger charge is -2.26. The molecule has 0 fully saturated rings. The number of furan rings is 1. The summed E-state index contributed by atoms with van der Waals surface area (Å²) in [5.74, 6) is 2.10. The van der Waals surface area contributed by atoms with Crippen LogP contribution in [0.2, 0.25) is 0 Å². The van der Waals surface area contributed by atoms with Gasteiger partial charge in [-0.25, -0.2) is 9.48 Å². The molecule has 1 aliphatic heterocycles. The number of carbonyl (C=O) groups excluding carboxylic acids is 1. The molecule has 0 amide bonds. The lowest BCUT2D eigenvalue weighted by Crippen LogP contribution is -2.29. The van der Waals surface area contributed by atoms with Crippen molar-refractivity contribution in [1.29, 1.82) is 0 Å². The number of anilines is 1. The molecule has 7 heteroatoms. The number of nitrogens with zero attached hydrogens (tertiary/aromatic N) is 3. The van der Waals surface area contributed by atoms with Crippen molar-refractivity contribution in [3.8, 4) is 11.4 Å². The van der Waals surface area contributed by atoms with Crippen LogP contribution in [0.1, 0.15) is 31.4 Å². The summed E-state index contributed by atoms with van der Waals surface area (Å²) < 4.78 is 12.8. The molecule has 1 N–H and O–H groups in total.